The fourth-order valence-electron chi connectivity index (χ4n) is 3.10. The van der Waals surface area contributed by atoms with Crippen LogP contribution in [0, 0.1) is 5.41 Å². The maximum Gasteiger partial charge on any atom is 0.321 e. The Morgan fingerprint density at radius 3 is 2.37 bits per heavy atom. The monoisotopic (exact) mass is 412 g/mol. The van der Waals surface area contributed by atoms with Crippen LogP contribution in [0.1, 0.15) is 50.2 Å². The second-order valence-corrected chi connectivity index (χ2v) is 7.33. The molecule has 1 aromatic heterocycles. The molecule has 8 nitrogen and oxygen atoms in total. The third-order valence-corrected chi connectivity index (χ3v) is 5.01. The largest absolute Gasteiger partial charge is 0.480 e. The van der Waals surface area contributed by atoms with Gasteiger partial charge in [-0.3, -0.25) is 15.2 Å². The summed E-state index contributed by atoms with van der Waals surface area (Å²) in [5, 5.41) is 21.6. The van der Waals surface area contributed by atoms with E-state index in [-0.39, 0.29) is 5.84 Å². The Balaban J connectivity index is 1.94. The number of amidine groups is 1. The van der Waals surface area contributed by atoms with E-state index in [0.717, 1.165) is 24.0 Å². The van der Waals surface area contributed by atoms with Gasteiger partial charge in [-0.25, -0.2) is 15.8 Å². The van der Waals surface area contributed by atoms with Gasteiger partial charge < -0.3 is 10.4 Å². The standard InChI is InChI=1S/C22H32N6O2/c1-3-4-5-6-7-12-28(24)20(23)18-14-26-21(27-15-18)17-10-8-16(9-11-17)13-19(25-2)22(29)30/h8-11,14-15,19,23,25H,3-7,12-13,24H2,1-2H3,(H,29,30). The van der Waals surface area contributed by atoms with E-state index in [1.54, 1.807) is 19.4 Å². The van der Waals surface area contributed by atoms with Crippen LogP contribution in [0.5, 0.6) is 0 Å². The Morgan fingerprint density at radius 2 is 1.80 bits per heavy atom. The number of nitrogens with one attached hydrogen (secondary N) is 2. The summed E-state index contributed by atoms with van der Waals surface area (Å²) in [6.45, 7) is 2.82. The molecule has 0 radical (unpaired) electrons. The van der Waals surface area contributed by atoms with Crippen molar-refractivity contribution in [2.75, 3.05) is 13.6 Å². The number of hydrogen-bond donors (Lipinski definition) is 4. The lowest BCUT2D eigenvalue weighted by atomic mass is 10.0. The second kappa shape index (κ2) is 12.0. The maximum atomic E-state index is 11.1. The van der Waals surface area contributed by atoms with Crippen molar-refractivity contribution in [3.63, 3.8) is 0 Å². The number of hydrogen-bond acceptors (Lipinski definition) is 6. The molecule has 162 valence electrons. The number of nitrogens with zero attached hydrogens (tertiary/aromatic N) is 3. The van der Waals surface area contributed by atoms with Crippen molar-refractivity contribution in [1.29, 1.82) is 5.41 Å². The molecule has 2 aromatic rings. The highest BCUT2D eigenvalue weighted by Crippen LogP contribution is 2.17. The van der Waals surface area contributed by atoms with Gasteiger partial charge in [-0.2, -0.15) is 0 Å². The van der Waals surface area contributed by atoms with E-state index in [1.807, 2.05) is 24.3 Å². The van der Waals surface area contributed by atoms with Gasteiger partial charge in [-0.05, 0) is 25.5 Å². The summed E-state index contributed by atoms with van der Waals surface area (Å²) in [4.78, 5) is 19.9. The Hall–Kier alpha value is -2.84. The molecule has 2 rings (SSSR count). The maximum absolute atomic E-state index is 11.1. The molecule has 1 aromatic carbocycles. The summed E-state index contributed by atoms with van der Waals surface area (Å²) in [5.41, 5.74) is 2.31. The molecule has 0 spiro atoms. The quantitative estimate of drug-likeness (QED) is 0.139. The normalized spacial score (nSPS) is 11.8. The molecule has 0 aliphatic carbocycles. The van der Waals surface area contributed by atoms with E-state index in [4.69, 9.17) is 16.4 Å². The van der Waals surface area contributed by atoms with Gasteiger partial charge in [-0.1, -0.05) is 56.9 Å². The van der Waals surface area contributed by atoms with E-state index in [1.165, 1.54) is 24.3 Å². The third kappa shape index (κ3) is 6.89. The fraction of sp³-hybridized carbons (Fsp3) is 0.455. The van der Waals surface area contributed by atoms with Gasteiger partial charge >= 0.3 is 5.97 Å². The van der Waals surface area contributed by atoms with Crippen LogP contribution in [0.3, 0.4) is 0 Å². The van der Waals surface area contributed by atoms with Crippen LogP contribution in [0.2, 0.25) is 0 Å². The van der Waals surface area contributed by atoms with Gasteiger partial charge in [0.05, 0.1) is 5.56 Å². The van der Waals surface area contributed by atoms with Gasteiger partial charge in [-0.15, -0.1) is 0 Å². The minimum absolute atomic E-state index is 0.208. The fourth-order valence-corrected chi connectivity index (χ4v) is 3.10. The molecule has 30 heavy (non-hydrogen) atoms. The van der Waals surface area contributed by atoms with Crippen LogP contribution in [0.4, 0.5) is 0 Å². The zero-order chi connectivity index (χ0) is 21.9. The van der Waals surface area contributed by atoms with Crippen molar-refractivity contribution >= 4 is 11.8 Å². The molecule has 8 heteroatoms. The molecule has 0 aliphatic heterocycles. The molecule has 1 heterocycles. The number of likely N-dealkylation sites (N-methyl/N-ethyl adjacent to an activating group) is 1. The van der Waals surface area contributed by atoms with Crippen LogP contribution in [-0.4, -0.2) is 51.5 Å². The number of carbonyl (C=O) groups is 1. The van der Waals surface area contributed by atoms with Crippen molar-refractivity contribution in [3.8, 4) is 11.4 Å². The number of carboxylic acid groups (broad SMARTS) is 1. The lowest BCUT2D eigenvalue weighted by Crippen LogP contribution is -2.38. The van der Waals surface area contributed by atoms with Crippen LogP contribution in [0.15, 0.2) is 36.7 Å². The van der Waals surface area contributed by atoms with Crippen LogP contribution >= 0.6 is 0 Å². The zero-order valence-electron chi connectivity index (χ0n) is 17.8. The average Bonchev–Trinajstić information content (AvgIpc) is 2.77. The number of unbranched alkanes of at least 4 members (excludes halogenated alkanes) is 4. The topological polar surface area (TPSA) is 128 Å². The Bertz CT molecular complexity index is 807. The van der Waals surface area contributed by atoms with Crippen LogP contribution in [-0.2, 0) is 11.2 Å². The summed E-state index contributed by atoms with van der Waals surface area (Å²) >= 11 is 0. The number of hydrazine groups is 1. The SMILES string of the molecule is CCCCCCCN(N)C(=N)c1cnc(-c2ccc(CC(NC)C(=O)O)cc2)nc1. The first-order valence-electron chi connectivity index (χ1n) is 10.4. The van der Waals surface area contributed by atoms with E-state index in [0.29, 0.717) is 24.4 Å². The van der Waals surface area contributed by atoms with Crippen molar-refractivity contribution < 1.29 is 9.90 Å². The van der Waals surface area contributed by atoms with Crippen molar-refractivity contribution in [2.24, 2.45) is 5.84 Å². The average molecular weight is 413 g/mol. The first-order chi connectivity index (χ1) is 14.5. The Labute approximate surface area is 178 Å². The predicted octanol–water partition coefficient (Wildman–Crippen LogP) is 2.83. The molecule has 0 aliphatic rings. The van der Waals surface area contributed by atoms with Gasteiger partial charge in [0.1, 0.15) is 11.9 Å². The number of carboxylic acids is 1. The predicted molar refractivity (Wildman–Crippen MR) is 118 cm³/mol. The summed E-state index contributed by atoms with van der Waals surface area (Å²) in [5.74, 6) is 5.89. The lowest BCUT2D eigenvalue weighted by Gasteiger charge is -2.19. The third-order valence-electron chi connectivity index (χ3n) is 5.01. The van der Waals surface area contributed by atoms with Gasteiger partial charge in [0.25, 0.3) is 0 Å². The highest BCUT2D eigenvalue weighted by molar-refractivity contribution is 5.95. The summed E-state index contributed by atoms with van der Waals surface area (Å²) in [6, 6.07) is 6.87. The number of rotatable bonds is 12. The number of aromatic nitrogens is 2. The van der Waals surface area contributed by atoms with Crippen molar-refractivity contribution in [3.05, 3.63) is 47.8 Å². The zero-order valence-corrected chi connectivity index (χ0v) is 17.8. The molecule has 1 unspecified atom stereocenters. The molecular weight excluding hydrogens is 380 g/mol. The smallest absolute Gasteiger partial charge is 0.321 e. The van der Waals surface area contributed by atoms with E-state index < -0.39 is 12.0 Å². The van der Waals surface area contributed by atoms with Crippen LogP contribution in [0.25, 0.3) is 11.4 Å². The number of aliphatic carboxylic acids is 1. The van der Waals surface area contributed by atoms with Gasteiger partial charge in [0.2, 0.25) is 0 Å². The van der Waals surface area contributed by atoms with Crippen molar-refractivity contribution in [1.82, 2.24) is 20.3 Å². The lowest BCUT2D eigenvalue weighted by molar-refractivity contribution is -0.139. The Kier molecular flexibility index (Phi) is 9.37. The van der Waals surface area contributed by atoms with Gasteiger partial charge in [0, 0.05) is 24.5 Å². The number of nitrogens with two attached hydrogens (primary N) is 1. The molecule has 0 saturated heterocycles. The molecule has 0 saturated carbocycles. The minimum Gasteiger partial charge on any atom is -0.480 e. The molecular formula is C22H32N6O2. The summed E-state index contributed by atoms with van der Waals surface area (Å²) < 4.78 is 0. The summed E-state index contributed by atoms with van der Waals surface area (Å²) in [7, 11) is 1.63. The highest BCUT2D eigenvalue weighted by Gasteiger charge is 2.15. The first kappa shape index (κ1) is 23.4. The molecule has 1 atom stereocenters. The first-order valence-corrected chi connectivity index (χ1v) is 10.4. The minimum atomic E-state index is -0.877. The van der Waals surface area contributed by atoms with Gasteiger partial charge in [0.15, 0.2) is 5.82 Å². The van der Waals surface area contributed by atoms with Crippen LogP contribution < -0.4 is 11.2 Å². The van der Waals surface area contributed by atoms with Crippen molar-refractivity contribution in [2.45, 2.75) is 51.5 Å². The Morgan fingerprint density at radius 1 is 1.17 bits per heavy atom. The van der Waals surface area contributed by atoms with E-state index >= 15 is 0 Å². The molecule has 0 fully saturated rings. The molecule has 5 N–H and O–H groups in total. The molecule has 0 amide bonds. The van der Waals surface area contributed by atoms with E-state index in [2.05, 4.69) is 22.2 Å². The van der Waals surface area contributed by atoms with E-state index in [9.17, 15) is 4.79 Å². The summed E-state index contributed by atoms with van der Waals surface area (Å²) in [6.07, 6.45) is 9.31. The number of benzene rings is 1. The highest BCUT2D eigenvalue weighted by atomic mass is 16.4. The second-order valence-electron chi connectivity index (χ2n) is 7.33. The molecule has 0 bridgehead atoms.